The molecule has 1 aromatic rings. The number of benzene rings is 1. The minimum absolute atomic E-state index is 0.0130. The highest BCUT2D eigenvalue weighted by atomic mass is 19.1. The Kier molecular flexibility index (Phi) is 6.85. The van der Waals surface area contributed by atoms with Gasteiger partial charge >= 0.3 is 6.09 Å². The van der Waals surface area contributed by atoms with Crippen molar-refractivity contribution in [2.75, 3.05) is 11.9 Å². The first kappa shape index (κ1) is 20.0. The summed E-state index contributed by atoms with van der Waals surface area (Å²) in [6.45, 7) is 5.84. The van der Waals surface area contributed by atoms with Crippen LogP contribution in [0.1, 0.15) is 52.0 Å². The fourth-order valence-electron chi connectivity index (χ4n) is 2.59. The van der Waals surface area contributed by atoms with E-state index in [-0.39, 0.29) is 23.9 Å². The smallest absolute Gasteiger partial charge is 0.412 e. The zero-order valence-corrected chi connectivity index (χ0v) is 15.5. The van der Waals surface area contributed by atoms with E-state index in [1.54, 1.807) is 32.9 Å². The van der Waals surface area contributed by atoms with Crippen LogP contribution in [-0.2, 0) is 9.47 Å². The summed E-state index contributed by atoms with van der Waals surface area (Å²) in [4.78, 5) is 16.4. The van der Waals surface area contributed by atoms with Crippen LogP contribution < -0.4 is 5.32 Å². The van der Waals surface area contributed by atoms with Gasteiger partial charge in [-0.3, -0.25) is 10.3 Å². The Labute approximate surface area is 153 Å². The maximum Gasteiger partial charge on any atom is 0.412 e. The molecule has 1 atom stereocenters. The lowest BCUT2D eigenvalue weighted by atomic mass is 10.1. The molecule has 1 heterocycles. The maximum absolute atomic E-state index is 14.9. The second-order valence-electron chi connectivity index (χ2n) is 7.10. The highest BCUT2D eigenvalue weighted by molar-refractivity contribution is 6.08. The van der Waals surface area contributed by atoms with Gasteiger partial charge < -0.3 is 14.9 Å². The average Bonchev–Trinajstić information content (AvgIpc) is 2.56. The van der Waals surface area contributed by atoms with E-state index in [9.17, 15) is 9.18 Å². The maximum atomic E-state index is 14.9. The van der Waals surface area contributed by atoms with Gasteiger partial charge in [0.25, 0.3) is 0 Å². The standard InChI is InChI=1S/C19H26FN3O3/c1-19(2,3)26-18(24)23-15-8-6-7-13(17(15)20)14(10-11-21)22-16-9-4-5-12-25-16/h6-8,11,16,21H,4-5,9-10,12H2,1-3H3,(H,23,24). The Balaban J connectivity index is 2.25. The van der Waals surface area contributed by atoms with Crippen molar-refractivity contribution < 1.29 is 18.7 Å². The monoisotopic (exact) mass is 363 g/mol. The molecule has 0 aromatic heterocycles. The van der Waals surface area contributed by atoms with Crippen LogP contribution in [0, 0.1) is 11.2 Å². The van der Waals surface area contributed by atoms with Crippen LogP contribution >= 0.6 is 0 Å². The van der Waals surface area contributed by atoms with Gasteiger partial charge in [-0.05, 0) is 46.1 Å². The van der Waals surface area contributed by atoms with Crippen molar-refractivity contribution in [1.82, 2.24) is 0 Å². The van der Waals surface area contributed by atoms with E-state index < -0.39 is 17.5 Å². The Bertz CT molecular complexity index is 677. The molecular weight excluding hydrogens is 337 g/mol. The largest absolute Gasteiger partial charge is 0.444 e. The Hall–Kier alpha value is -2.28. The van der Waals surface area contributed by atoms with Gasteiger partial charge in [-0.2, -0.15) is 0 Å². The molecule has 1 saturated heterocycles. The molecule has 6 nitrogen and oxygen atoms in total. The third-order valence-electron chi connectivity index (χ3n) is 3.70. The number of carbonyl (C=O) groups is 1. The molecule has 1 aliphatic rings. The molecule has 0 saturated carbocycles. The summed E-state index contributed by atoms with van der Waals surface area (Å²) in [5, 5.41) is 9.80. The van der Waals surface area contributed by atoms with Gasteiger partial charge in [0.2, 0.25) is 0 Å². The molecule has 0 spiro atoms. The first-order valence-electron chi connectivity index (χ1n) is 8.76. The molecule has 1 amide bonds. The quantitative estimate of drug-likeness (QED) is 0.754. The summed E-state index contributed by atoms with van der Waals surface area (Å²) in [7, 11) is 0. The fourth-order valence-corrected chi connectivity index (χ4v) is 2.59. The number of carbonyl (C=O) groups excluding carboxylic acids is 1. The number of nitrogens with one attached hydrogen (secondary N) is 2. The van der Waals surface area contributed by atoms with Gasteiger partial charge in [-0.15, -0.1) is 0 Å². The zero-order chi connectivity index (χ0) is 19.2. The van der Waals surface area contributed by atoms with E-state index in [2.05, 4.69) is 10.3 Å². The summed E-state index contributed by atoms with van der Waals surface area (Å²) in [6.07, 6.45) is 3.10. The van der Waals surface area contributed by atoms with Crippen molar-refractivity contribution in [1.29, 1.82) is 5.41 Å². The van der Waals surface area contributed by atoms with E-state index >= 15 is 0 Å². The number of amides is 1. The molecule has 7 heteroatoms. The van der Waals surface area contributed by atoms with Crippen LogP contribution in [0.5, 0.6) is 0 Å². The second-order valence-corrected chi connectivity index (χ2v) is 7.10. The second kappa shape index (κ2) is 8.89. The van der Waals surface area contributed by atoms with Gasteiger partial charge in [0.05, 0.1) is 11.4 Å². The first-order chi connectivity index (χ1) is 12.3. The van der Waals surface area contributed by atoms with Crippen molar-refractivity contribution >= 4 is 23.7 Å². The molecule has 1 fully saturated rings. The fraction of sp³-hybridized carbons (Fsp3) is 0.526. The van der Waals surface area contributed by atoms with Crippen LogP contribution in [0.3, 0.4) is 0 Å². The lowest BCUT2D eigenvalue weighted by Gasteiger charge is -2.21. The van der Waals surface area contributed by atoms with Crippen LogP contribution in [0.2, 0.25) is 0 Å². The minimum atomic E-state index is -0.727. The van der Waals surface area contributed by atoms with E-state index in [0.717, 1.165) is 19.3 Å². The molecule has 1 aromatic carbocycles. The van der Waals surface area contributed by atoms with Gasteiger partial charge in [-0.1, -0.05) is 12.1 Å². The molecule has 0 radical (unpaired) electrons. The third kappa shape index (κ3) is 5.91. The number of hydrogen-bond donors (Lipinski definition) is 2. The summed E-state index contributed by atoms with van der Waals surface area (Å²) in [6, 6.07) is 4.68. The topological polar surface area (TPSA) is 83.8 Å². The lowest BCUT2D eigenvalue weighted by molar-refractivity contribution is 0.0223. The van der Waals surface area contributed by atoms with Crippen molar-refractivity contribution in [3.8, 4) is 0 Å². The lowest BCUT2D eigenvalue weighted by Crippen LogP contribution is -2.27. The minimum Gasteiger partial charge on any atom is -0.444 e. The summed E-state index contributed by atoms with van der Waals surface area (Å²) < 4.78 is 25.7. The van der Waals surface area contributed by atoms with E-state index in [1.807, 2.05) is 0 Å². The zero-order valence-electron chi connectivity index (χ0n) is 15.5. The number of ether oxygens (including phenoxy) is 2. The van der Waals surface area contributed by atoms with E-state index in [4.69, 9.17) is 14.9 Å². The van der Waals surface area contributed by atoms with Gasteiger partial charge in [-0.25, -0.2) is 9.18 Å². The molecular formula is C19H26FN3O3. The molecule has 2 rings (SSSR count). The summed E-state index contributed by atoms with van der Waals surface area (Å²) >= 11 is 0. The summed E-state index contributed by atoms with van der Waals surface area (Å²) in [5.74, 6) is -0.602. The number of aliphatic imine (C=N–C) groups is 1. The third-order valence-corrected chi connectivity index (χ3v) is 3.70. The van der Waals surface area contributed by atoms with Gasteiger partial charge in [0.1, 0.15) is 11.8 Å². The molecule has 0 bridgehead atoms. The van der Waals surface area contributed by atoms with Crippen LogP contribution in [-0.4, -0.2) is 36.5 Å². The van der Waals surface area contributed by atoms with Gasteiger partial charge in [0, 0.05) is 24.8 Å². The molecule has 0 aliphatic carbocycles. The van der Waals surface area contributed by atoms with Crippen LogP contribution in [0.4, 0.5) is 14.9 Å². The van der Waals surface area contributed by atoms with Crippen LogP contribution in [0.15, 0.2) is 23.2 Å². The SMILES string of the molecule is CC(C)(C)OC(=O)Nc1cccc(C(CC=N)=NC2CCCCO2)c1F. The van der Waals surface area contributed by atoms with Gasteiger partial charge in [0.15, 0.2) is 5.82 Å². The molecule has 1 unspecified atom stereocenters. The van der Waals surface area contributed by atoms with E-state index in [1.165, 1.54) is 12.3 Å². The number of halogens is 1. The number of nitrogens with zero attached hydrogens (tertiary/aromatic N) is 1. The number of hydrogen-bond acceptors (Lipinski definition) is 5. The Morgan fingerprint density at radius 3 is 2.85 bits per heavy atom. The van der Waals surface area contributed by atoms with Crippen molar-refractivity contribution in [2.24, 2.45) is 4.99 Å². The number of rotatable bonds is 5. The van der Waals surface area contributed by atoms with Crippen molar-refractivity contribution in [3.63, 3.8) is 0 Å². The van der Waals surface area contributed by atoms with Crippen molar-refractivity contribution in [2.45, 2.75) is 58.3 Å². The predicted molar refractivity (Wildman–Crippen MR) is 99.8 cm³/mol. The van der Waals surface area contributed by atoms with Crippen LogP contribution in [0.25, 0.3) is 0 Å². The molecule has 2 N–H and O–H groups in total. The summed E-state index contributed by atoms with van der Waals surface area (Å²) in [5.41, 5.74) is 0.0102. The average molecular weight is 363 g/mol. The van der Waals surface area contributed by atoms with Crippen molar-refractivity contribution in [3.05, 3.63) is 29.6 Å². The Morgan fingerprint density at radius 2 is 2.23 bits per heavy atom. The van der Waals surface area contributed by atoms with E-state index in [0.29, 0.717) is 12.3 Å². The molecule has 1 aliphatic heterocycles. The highest BCUT2D eigenvalue weighted by Gasteiger charge is 2.20. The molecule has 142 valence electrons. The highest BCUT2D eigenvalue weighted by Crippen LogP contribution is 2.22. The Morgan fingerprint density at radius 1 is 1.46 bits per heavy atom. The normalized spacial score (nSPS) is 18.3. The molecule has 26 heavy (non-hydrogen) atoms. The number of anilines is 1. The predicted octanol–water partition coefficient (Wildman–Crippen LogP) is 4.53. The first-order valence-corrected chi connectivity index (χ1v) is 8.76.